The number of nitrogens with zero attached hydrogens (tertiary/aromatic N) is 1. The van der Waals surface area contributed by atoms with E-state index in [-0.39, 0.29) is 10.8 Å². The van der Waals surface area contributed by atoms with Gasteiger partial charge in [0.2, 0.25) is 0 Å². The molecule has 0 saturated carbocycles. The molecule has 2 N–H and O–H groups in total. The van der Waals surface area contributed by atoms with Gasteiger partial charge in [-0.05, 0) is 49.8 Å². The number of rotatable bonds is 5. The first kappa shape index (κ1) is 16.7. The van der Waals surface area contributed by atoms with Crippen molar-refractivity contribution in [1.29, 1.82) is 0 Å². The van der Waals surface area contributed by atoms with Gasteiger partial charge in [-0.2, -0.15) is 0 Å². The number of para-hydroxylation sites is 2. The maximum absolute atomic E-state index is 11.1. The highest BCUT2D eigenvalue weighted by atomic mass is 32.1. The van der Waals surface area contributed by atoms with Crippen LogP contribution in [0.4, 0.5) is 17.1 Å². The van der Waals surface area contributed by atoms with Crippen molar-refractivity contribution < 1.29 is 9.66 Å². The molecule has 0 aromatic heterocycles. The Morgan fingerprint density at radius 2 is 1.91 bits per heavy atom. The topological polar surface area (TPSA) is 76.4 Å². The standard InChI is InChI=1S/C16H17N3O3S/c1-3-22-15-7-5-4-6-13(15)18-16(23)17-12-9-8-11(2)10-14(12)19(20)21/h4-10H,3H2,1-2H3,(H2,17,18,23). The normalized spacial score (nSPS) is 10.0. The van der Waals surface area contributed by atoms with E-state index < -0.39 is 4.92 Å². The SMILES string of the molecule is CCOc1ccccc1NC(=S)Nc1ccc(C)cc1[N+](=O)[O-]. The van der Waals surface area contributed by atoms with Crippen LogP contribution in [0.3, 0.4) is 0 Å². The van der Waals surface area contributed by atoms with Crippen LogP contribution in [0.25, 0.3) is 0 Å². The van der Waals surface area contributed by atoms with E-state index in [1.807, 2.05) is 31.2 Å². The number of nitrogens with one attached hydrogen (secondary N) is 2. The summed E-state index contributed by atoms with van der Waals surface area (Å²) in [5.74, 6) is 0.664. The van der Waals surface area contributed by atoms with Crippen LogP contribution in [0.2, 0.25) is 0 Å². The third-order valence-electron chi connectivity index (χ3n) is 3.03. The quantitative estimate of drug-likeness (QED) is 0.488. The molecule has 2 aromatic carbocycles. The van der Waals surface area contributed by atoms with Gasteiger partial charge in [0.25, 0.3) is 5.69 Å². The van der Waals surface area contributed by atoms with E-state index in [1.165, 1.54) is 6.07 Å². The minimum atomic E-state index is -0.438. The zero-order valence-electron chi connectivity index (χ0n) is 12.8. The van der Waals surface area contributed by atoms with Crippen molar-refractivity contribution in [2.75, 3.05) is 17.2 Å². The number of nitro groups is 1. The molecule has 0 fully saturated rings. The van der Waals surface area contributed by atoms with Gasteiger partial charge in [0.1, 0.15) is 11.4 Å². The molecule has 0 heterocycles. The molecule has 0 saturated heterocycles. The molecule has 0 atom stereocenters. The lowest BCUT2D eigenvalue weighted by Crippen LogP contribution is -2.20. The average molecular weight is 331 g/mol. The van der Waals surface area contributed by atoms with Gasteiger partial charge in [0.05, 0.1) is 17.2 Å². The van der Waals surface area contributed by atoms with Crippen LogP contribution in [0.1, 0.15) is 12.5 Å². The summed E-state index contributed by atoms with van der Waals surface area (Å²) >= 11 is 5.24. The zero-order chi connectivity index (χ0) is 16.8. The second-order valence-corrected chi connectivity index (χ2v) is 5.19. The van der Waals surface area contributed by atoms with E-state index in [0.717, 1.165) is 5.56 Å². The van der Waals surface area contributed by atoms with Gasteiger partial charge in [0, 0.05) is 6.07 Å². The summed E-state index contributed by atoms with van der Waals surface area (Å²) in [5, 5.41) is 17.2. The van der Waals surface area contributed by atoms with Crippen molar-refractivity contribution in [3.05, 3.63) is 58.1 Å². The summed E-state index contributed by atoms with van der Waals surface area (Å²) in [6.07, 6.45) is 0. The molecule has 0 unspecified atom stereocenters. The molecule has 2 rings (SSSR count). The van der Waals surface area contributed by atoms with E-state index in [9.17, 15) is 10.1 Å². The summed E-state index contributed by atoms with van der Waals surface area (Å²) in [7, 11) is 0. The van der Waals surface area contributed by atoms with Crippen molar-refractivity contribution >= 4 is 34.4 Å². The number of nitro benzene ring substituents is 1. The molecule has 0 spiro atoms. The maximum Gasteiger partial charge on any atom is 0.292 e. The van der Waals surface area contributed by atoms with Crippen molar-refractivity contribution in [2.45, 2.75) is 13.8 Å². The lowest BCUT2D eigenvalue weighted by molar-refractivity contribution is -0.383. The monoisotopic (exact) mass is 331 g/mol. The van der Waals surface area contributed by atoms with Crippen molar-refractivity contribution in [2.24, 2.45) is 0 Å². The minimum absolute atomic E-state index is 0.0211. The highest BCUT2D eigenvalue weighted by Crippen LogP contribution is 2.27. The largest absolute Gasteiger partial charge is 0.492 e. The Labute approximate surface area is 139 Å². The molecule has 0 radical (unpaired) electrons. The number of hydrogen-bond acceptors (Lipinski definition) is 4. The molecule has 7 heteroatoms. The second kappa shape index (κ2) is 7.55. The first-order chi connectivity index (χ1) is 11.0. The van der Waals surface area contributed by atoms with Crippen molar-refractivity contribution in [3.8, 4) is 5.75 Å². The third-order valence-corrected chi connectivity index (χ3v) is 3.24. The van der Waals surface area contributed by atoms with Gasteiger partial charge >= 0.3 is 0 Å². The fourth-order valence-electron chi connectivity index (χ4n) is 2.03. The Morgan fingerprint density at radius 3 is 2.61 bits per heavy atom. The van der Waals surface area contributed by atoms with Gasteiger partial charge in [-0.3, -0.25) is 10.1 Å². The second-order valence-electron chi connectivity index (χ2n) is 4.79. The molecule has 120 valence electrons. The van der Waals surface area contributed by atoms with Crippen molar-refractivity contribution in [3.63, 3.8) is 0 Å². The van der Waals surface area contributed by atoms with Crippen LogP contribution < -0.4 is 15.4 Å². The predicted molar refractivity (Wildman–Crippen MR) is 95.3 cm³/mol. The fraction of sp³-hybridized carbons (Fsp3) is 0.188. The highest BCUT2D eigenvalue weighted by molar-refractivity contribution is 7.80. The van der Waals surface area contributed by atoms with Crippen molar-refractivity contribution in [1.82, 2.24) is 0 Å². The van der Waals surface area contributed by atoms with Gasteiger partial charge in [-0.1, -0.05) is 18.2 Å². The molecule has 0 aliphatic carbocycles. The van der Waals surface area contributed by atoms with Gasteiger partial charge in [-0.25, -0.2) is 0 Å². The molecule has 0 bridgehead atoms. The van der Waals surface area contributed by atoms with E-state index in [4.69, 9.17) is 17.0 Å². The Bertz CT molecular complexity index is 734. The molecule has 6 nitrogen and oxygen atoms in total. The summed E-state index contributed by atoms with van der Waals surface area (Å²) in [5.41, 5.74) is 1.82. The first-order valence-electron chi connectivity index (χ1n) is 7.06. The Hall–Kier alpha value is -2.67. The molecular formula is C16H17N3O3S. The van der Waals surface area contributed by atoms with Crippen LogP contribution in [0.5, 0.6) is 5.75 Å². The van der Waals surface area contributed by atoms with Crippen LogP contribution in [0, 0.1) is 17.0 Å². The molecule has 0 aliphatic heterocycles. The number of anilines is 2. The molecule has 0 aliphatic rings. The zero-order valence-corrected chi connectivity index (χ0v) is 13.6. The van der Waals surface area contributed by atoms with Gasteiger partial charge < -0.3 is 15.4 Å². The van der Waals surface area contributed by atoms with Gasteiger partial charge in [0.15, 0.2) is 5.11 Å². The lowest BCUT2D eigenvalue weighted by atomic mass is 10.2. The van der Waals surface area contributed by atoms with Gasteiger partial charge in [-0.15, -0.1) is 0 Å². The summed E-state index contributed by atoms with van der Waals surface area (Å²) in [4.78, 5) is 10.7. The van der Waals surface area contributed by atoms with Crippen LogP contribution in [0.15, 0.2) is 42.5 Å². The minimum Gasteiger partial charge on any atom is -0.492 e. The lowest BCUT2D eigenvalue weighted by Gasteiger charge is -2.14. The smallest absolute Gasteiger partial charge is 0.292 e. The number of benzene rings is 2. The molecule has 23 heavy (non-hydrogen) atoms. The van der Waals surface area contributed by atoms with E-state index in [0.29, 0.717) is 23.7 Å². The predicted octanol–water partition coefficient (Wildman–Crippen LogP) is 4.11. The summed E-state index contributed by atoms with van der Waals surface area (Å²) < 4.78 is 5.51. The number of thiocarbonyl (C=S) groups is 1. The van der Waals surface area contributed by atoms with E-state index >= 15 is 0 Å². The number of hydrogen-bond donors (Lipinski definition) is 2. The van der Waals surface area contributed by atoms with E-state index in [1.54, 1.807) is 19.1 Å². The maximum atomic E-state index is 11.1. The Morgan fingerprint density at radius 1 is 1.22 bits per heavy atom. The number of aryl methyl sites for hydroxylation is 1. The Kier molecular flexibility index (Phi) is 5.48. The fourth-order valence-corrected chi connectivity index (χ4v) is 2.25. The third kappa shape index (κ3) is 4.40. The van der Waals surface area contributed by atoms with Crippen LogP contribution >= 0.6 is 12.2 Å². The number of ether oxygens (including phenoxy) is 1. The first-order valence-corrected chi connectivity index (χ1v) is 7.47. The van der Waals surface area contributed by atoms with E-state index in [2.05, 4.69) is 10.6 Å². The summed E-state index contributed by atoms with van der Waals surface area (Å²) in [6.45, 7) is 4.22. The Balaban J connectivity index is 2.16. The summed E-state index contributed by atoms with van der Waals surface area (Å²) in [6, 6.07) is 12.3. The highest BCUT2D eigenvalue weighted by Gasteiger charge is 2.15. The molecule has 0 amide bonds. The van der Waals surface area contributed by atoms with Crippen LogP contribution in [-0.4, -0.2) is 16.6 Å². The van der Waals surface area contributed by atoms with Crippen LogP contribution in [-0.2, 0) is 0 Å². The average Bonchev–Trinajstić information content (AvgIpc) is 2.51. The molecule has 2 aromatic rings. The molecular weight excluding hydrogens is 314 g/mol.